The molecule has 3 rings (SSSR count). The van der Waals surface area contributed by atoms with Gasteiger partial charge in [0.15, 0.2) is 6.29 Å². The van der Waals surface area contributed by atoms with Crippen molar-refractivity contribution in [1.29, 1.82) is 0 Å². The lowest BCUT2D eigenvalue weighted by Gasteiger charge is -1.98. The predicted molar refractivity (Wildman–Crippen MR) is 71.0 cm³/mol. The molecule has 0 unspecified atom stereocenters. The average Bonchev–Trinajstić information content (AvgIpc) is 2.77. The molecule has 0 spiro atoms. The highest BCUT2D eigenvalue weighted by Gasteiger charge is 2.12. The maximum atomic E-state index is 11.3. The summed E-state index contributed by atoms with van der Waals surface area (Å²) in [5, 5.41) is 0.572. The first-order valence-electron chi connectivity index (χ1n) is 5.48. The van der Waals surface area contributed by atoms with Gasteiger partial charge in [-0.3, -0.25) is 9.20 Å². The Morgan fingerprint density at radius 3 is 2.61 bits per heavy atom. The lowest BCUT2D eigenvalue weighted by Crippen LogP contribution is -1.92. The molecule has 1 aromatic carbocycles. The first-order valence-corrected chi connectivity index (χ1v) is 5.85. The van der Waals surface area contributed by atoms with E-state index in [-0.39, 0.29) is 0 Å². The Labute approximate surface area is 109 Å². The number of imidazole rings is 1. The minimum atomic E-state index is 0.513. The Balaban J connectivity index is 2.33. The molecule has 0 amide bonds. The van der Waals surface area contributed by atoms with Crippen LogP contribution in [-0.4, -0.2) is 15.7 Å². The molecule has 0 aliphatic rings. The van der Waals surface area contributed by atoms with Gasteiger partial charge in [0, 0.05) is 11.8 Å². The van der Waals surface area contributed by atoms with Crippen LogP contribution in [0.3, 0.4) is 0 Å². The average molecular weight is 257 g/mol. The van der Waals surface area contributed by atoms with E-state index < -0.39 is 0 Å². The molecule has 0 fully saturated rings. The van der Waals surface area contributed by atoms with Gasteiger partial charge in [-0.15, -0.1) is 0 Å². The Kier molecular flexibility index (Phi) is 2.61. The molecule has 0 bridgehead atoms. The van der Waals surface area contributed by atoms with Crippen molar-refractivity contribution in [1.82, 2.24) is 9.38 Å². The second-order valence-corrected chi connectivity index (χ2v) is 4.34. The highest BCUT2D eigenvalue weighted by molar-refractivity contribution is 6.30. The van der Waals surface area contributed by atoms with Crippen LogP contribution in [0.25, 0.3) is 16.9 Å². The van der Waals surface area contributed by atoms with Crippen LogP contribution < -0.4 is 0 Å². The number of carbonyl (C=O) groups is 1. The van der Waals surface area contributed by atoms with Crippen molar-refractivity contribution < 1.29 is 4.79 Å². The maximum Gasteiger partial charge on any atom is 0.169 e. The lowest BCUT2D eigenvalue weighted by atomic mass is 10.1. The molecule has 0 aliphatic carbocycles. The van der Waals surface area contributed by atoms with Crippen LogP contribution in [0.15, 0.2) is 48.7 Å². The third kappa shape index (κ3) is 1.69. The molecule has 4 heteroatoms. The number of halogens is 1. The van der Waals surface area contributed by atoms with E-state index in [1.807, 2.05) is 30.3 Å². The van der Waals surface area contributed by atoms with E-state index in [9.17, 15) is 4.79 Å². The number of rotatable bonds is 2. The van der Waals surface area contributed by atoms with E-state index >= 15 is 0 Å². The van der Waals surface area contributed by atoms with Crippen LogP contribution >= 0.6 is 11.6 Å². The number of carbonyl (C=O) groups excluding carboxylic acids is 1. The summed E-state index contributed by atoms with van der Waals surface area (Å²) in [4.78, 5) is 15.8. The van der Waals surface area contributed by atoms with Gasteiger partial charge in [-0.25, -0.2) is 4.98 Å². The van der Waals surface area contributed by atoms with Gasteiger partial charge in [-0.1, -0.05) is 41.9 Å². The number of hydrogen-bond donors (Lipinski definition) is 0. The van der Waals surface area contributed by atoms with Gasteiger partial charge in [0.2, 0.25) is 0 Å². The topological polar surface area (TPSA) is 34.4 Å². The van der Waals surface area contributed by atoms with Gasteiger partial charge in [0.05, 0.1) is 5.02 Å². The van der Waals surface area contributed by atoms with Gasteiger partial charge in [-0.05, 0) is 12.1 Å². The number of pyridine rings is 1. The monoisotopic (exact) mass is 256 g/mol. The molecule has 0 saturated heterocycles. The van der Waals surface area contributed by atoms with E-state index in [1.165, 1.54) is 0 Å². The van der Waals surface area contributed by atoms with Crippen LogP contribution in [0.4, 0.5) is 0 Å². The van der Waals surface area contributed by atoms with Crippen LogP contribution in [0, 0.1) is 0 Å². The molecule has 3 aromatic rings. The molecule has 0 N–H and O–H groups in total. The van der Waals surface area contributed by atoms with Crippen molar-refractivity contribution in [3.05, 3.63) is 59.4 Å². The summed E-state index contributed by atoms with van der Waals surface area (Å²) in [5.41, 5.74) is 2.81. The Morgan fingerprint density at radius 1 is 1.11 bits per heavy atom. The Morgan fingerprint density at radius 2 is 1.89 bits per heavy atom. The fourth-order valence-electron chi connectivity index (χ4n) is 1.96. The smallest absolute Gasteiger partial charge is 0.169 e. The summed E-state index contributed by atoms with van der Waals surface area (Å²) >= 11 is 5.94. The molecule has 18 heavy (non-hydrogen) atoms. The molecule has 0 atom stereocenters. The maximum absolute atomic E-state index is 11.3. The number of aldehydes is 1. The van der Waals surface area contributed by atoms with Crippen molar-refractivity contribution in [2.24, 2.45) is 0 Å². The first kappa shape index (κ1) is 11.0. The predicted octanol–water partition coefficient (Wildman–Crippen LogP) is 3.47. The lowest BCUT2D eigenvalue weighted by molar-refractivity contribution is 0.111. The molecule has 2 heterocycles. The van der Waals surface area contributed by atoms with Gasteiger partial charge in [-0.2, -0.15) is 0 Å². The molecule has 88 valence electrons. The summed E-state index contributed by atoms with van der Waals surface area (Å²) in [7, 11) is 0. The van der Waals surface area contributed by atoms with Crippen molar-refractivity contribution in [2.75, 3.05) is 0 Å². The zero-order chi connectivity index (χ0) is 12.5. The van der Waals surface area contributed by atoms with Crippen molar-refractivity contribution in [2.45, 2.75) is 0 Å². The Hall–Kier alpha value is -2.13. The quantitative estimate of drug-likeness (QED) is 0.658. The molecular formula is C14H9ClN2O. The molecule has 3 nitrogen and oxygen atoms in total. The summed E-state index contributed by atoms with van der Waals surface area (Å²) in [6.07, 6.45) is 2.50. The van der Waals surface area contributed by atoms with E-state index in [4.69, 9.17) is 11.6 Å². The van der Waals surface area contributed by atoms with Gasteiger partial charge >= 0.3 is 0 Å². The van der Waals surface area contributed by atoms with Gasteiger partial charge in [0.1, 0.15) is 17.0 Å². The molecule has 0 aliphatic heterocycles. The molecular weight excluding hydrogens is 248 g/mol. The summed E-state index contributed by atoms with van der Waals surface area (Å²) in [6.45, 7) is 0. The third-order valence-electron chi connectivity index (χ3n) is 2.78. The van der Waals surface area contributed by atoms with Crippen molar-refractivity contribution in [3.63, 3.8) is 0 Å². The van der Waals surface area contributed by atoms with E-state index in [2.05, 4.69) is 4.98 Å². The van der Waals surface area contributed by atoms with Crippen LogP contribution in [0.2, 0.25) is 5.02 Å². The van der Waals surface area contributed by atoms with Crippen molar-refractivity contribution in [3.8, 4) is 11.3 Å². The standard InChI is InChI=1S/C14H9ClN2O/c15-11-6-7-13-16-14(10-4-2-1-3-5-10)12(9-18)17(13)8-11/h1-9H. The normalized spacial score (nSPS) is 10.7. The van der Waals surface area contributed by atoms with E-state index in [1.54, 1.807) is 22.7 Å². The number of benzene rings is 1. The largest absolute Gasteiger partial charge is 0.296 e. The van der Waals surface area contributed by atoms with Crippen LogP contribution in [0.1, 0.15) is 10.5 Å². The molecule has 0 saturated carbocycles. The van der Waals surface area contributed by atoms with Crippen molar-refractivity contribution >= 4 is 23.5 Å². The summed E-state index contributed by atoms with van der Waals surface area (Å²) in [5.74, 6) is 0. The van der Waals surface area contributed by atoms with E-state index in [0.29, 0.717) is 22.1 Å². The fraction of sp³-hybridized carbons (Fsp3) is 0. The highest BCUT2D eigenvalue weighted by atomic mass is 35.5. The second-order valence-electron chi connectivity index (χ2n) is 3.91. The number of aromatic nitrogens is 2. The molecule has 2 aromatic heterocycles. The second kappa shape index (κ2) is 4.27. The van der Waals surface area contributed by atoms with Gasteiger partial charge in [0.25, 0.3) is 0 Å². The van der Waals surface area contributed by atoms with Gasteiger partial charge < -0.3 is 0 Å². The molecule has 0 radical (unpaired) electrons. The zero-order valence-electron chi connectivity index (χ0n) is 9.38. The summed E-state index contributed by atoms with van der Waals surface area (Å²) in [6, 6.07) is 13.2. The highest BCUT2D eigenvalue weighted by Crippen LogP contribution is 2.24. The number of fused-ring (bicyclic) bond motifs is 1. The zero-order valence-corrected chi connectivity index (χ0v) is 10.1. The first-order chi connectivity index (χ1) is 8.79. The number of nitrogens with zero attached hydrogens (tertiary/aromatic N) is 2. The fourth-order valence-corrected chi connectivity index (χ4v) is 2.12. The minimum absolute atomic E-state index is 0.513. The third-order valence-corrected chi connectivity index (χ3v) is 3.00. The number of hydrogen-bond acceptors (Lipinski definition) is 2. The van der Waals surface area contributed by atoms with Crippen LogP contribution in [0.5, 0.6) is 0 Å². The minimum Gasteiger partial charge on any atom is -0.296 e. The SMILES string of the molecule is O=Cc1c(-c2ccccc2)nc2ccc(Cl)cn12. The summed E-state index contributed by atoms with van der Waals surface area (Å²) < 4.78 is 1.71. The van der Waals surface area contributed by atoms with Crippen LogP contribution in [-0.2, 0) is 0 Å². The Bertz CT molecular complexity index is 719. The van der Waals surface area contributed by atoms with E-state index in [0.717, 1.165) is 11.8 Å².